The van der Waals surface area contributed by atoms with Gasteiger partial charge in [-0.1, -0.05) is 13.3 Å². The van der Waals surface area contributed by atoms with Crippen LogP contribution in [0, 0.1) is 0 Å². The third kappa shape index (κ3) is 3.91. The maximum absolute atomic E-state index is 13.0. The number of halogens is 3. The van der Waals surface area contributed by atoms with Gasteiger partial charge in [0.05, 0.1) is 17.7 Å². The molecule has 0 radical (unpaired) electrons. The Morgan fingerprint density at radius 3 is 2.58 bits per heavy atom. The Hall–Kier alpha value is -1.14. The quantitative estimate of drug-likeness (QED) is 0.866. The minimum atomic E-state index is -4.39. The summed E-state index contributed by atoms with van der Waals surface area (Å²) in [7, 11) is 3.13. The number of alkyl halides is 3. The summed E-state index contributed by atoms with van der Waals surface area (Å²) in [5, 5.41) is 2.90. The van der Waals surface area contributed by atoms with E-state index in [1.54, 1.807) is 7.05 Å². The van der Waals surface area contributed by atoms with E-state index in [0.29, 0.717) is 6.42 Å². The van der Waals surface area contributed by atoms with Crippen molar-refractivity contribution in [2.45, 2.75) is 38.1 Å². The summed E-state index contributed by atoms with van der Waals surface area (Å²) < 4.78 is 44.3. The van der Waals surface area contributed by atoms with Gasteiger partial charge in [0, 0.05) is 25.1 Å². The molecule has 2 atom stereocenters. The summed E-state index contributed by atoms with van der Waals surface area (Å²) >= 11 is 0. The predicted molar refractivity (Wildman–Crippen MR) is 66.7 cm³/mol. The van der Waals surface area contributed by atoms with Gasteiger partial charge in [-0.2, -0.15) is 13.2 Å². The van der Waals surface area contributed by atoms with E-state index in [1.165, 1.54) is 13.3 Å². The Labute approximate surface area is 111 Å². The number of nitrogens with zero attached hydrogens (tertiary/aromatic N) is 1. The van der Waals surface area contributed by atoms with Crippen LogP contribution in [0.3, 0.4) is 0 Å². The van der Waals surface area contributed by atoms with Crippen LogP contribution in [0.4, 0.5) is 13.2 Å². The molecule has 0 aromatic carbocycles. The summed E-state index contributed by atoms with van der Waals surface area (Å²) in [5.74, 6) is 0. The van der Waals surface area contributed by atoms with E-state index in [1.807, 2.05) is 6.92 Å². The normalized spacial score (nSPS) is 15.3. The van der Waals surface area contributed by atoms with Crippen molar-refractivity contribution in [3.8, 4) is 0 Å². The Bertz CT molecular complexity index is 396. The molecule has 0 spiro atoms. The molecule has 1 aromatic rings. The second-order valence-electron chi connectivity index (χ2n) is 4.29. The van der Waals surface area contributed by atoms with Gasteiger partial charge in [-0.25, -0.2) is 0 Å². The number of rotatable bonds is 6. The number of nitrogens with one attached hydrogen (secondary N) is 1. The van der Waals surface area contributed by atoms with Gasteiger partial charge in [0.1, 0.15) is 0 Å². The molecule has 1 rings (SSSR count). The first-order valence-electron chi connectivity index (χ1n) is 6.16. The van der Waals surface area contributed by atoms with E-state index < -0.39 is 17.8 Å². The van der Waals surface area contributed by atoms with Crippen LogP contribution in [0.5, 0.6) is 0 Å². The van der Waals surface area contributed by atoms with Crippen LogP contribution in [0.2, 0.25) is 0 Å². The lowest BCUT2D eigenvalue weighted by molar-refractivity contribution is -0.138. The molecule has 1 N–H and O–H groups in total. The molecule has 6 heteroatoms. The number of likely N-dealkylation sites (N-methyl/N-ethyl adjacent to an activating group) is 1. The van der Waals surface area contributed by atoms with Crippen molar-refractivity contribution in [1.82, 2.24) is 10.3 Å². The first-order chi connectivity index (χ1) is 8.95. The summed E-state index contributed by atoms with van der Waals surface area (Å²) in [5.41, 5.74) is -0.544. The highest BCUT2D eigenvalue weighted by Crippen LogP contribution is 2.35. The average Bonchev–Trinajstić information content (AvgIpc) is 2.38. The minimum Gasteiger partial charge on any atom is -0.379 e. The molecule has 1 heterocycles. The zero-order valence-corrected chi connectivity index (χ0v) is 11.3. The molecule has 0 fully saturated rings. The number of hydrogen-bond donors (Lipinski definition) is 1. The lowest BCUT2D eigenvalue weighted by Crippen LogP contribution is -2.32. The van der Waals surface area contributed by atoms with E-state index in [4.69, 9.17) is 4.74 Å². The molecule has 19 heavy (non-hydrogen) atoms. The third-order valence-electron chi connectivity index (χ3n) is 3.05. The van der Waals surface area contributed by atoms with Crippen molar-refractivity contribution in [1.29, 1.82) is 0 Å². The predicted octanol–water partition coefficient (Wildman–Crippen LogP) is 3.18. The highest BCUT2D eigenvalue weighted by molar-refractivity contribution is 5.30. The second-order valence-corrected chi connectivity index (χ2v) is 4.29. The van der Waals surface area contributed by atoms with Gasteiger partial charge in [0.15, 0.2) is 0 Å². The molecule has 3 nitrogen and oxygen atoms in total. The fourth-order valence-electron chi connectivity index (χ4n) is 2.16. The maximum atomic E-state index is 13.0. The van der Waals surface area contributed by atoms with Crippen LogP contribution in [0.1, 0.15) is 36.9 Å². The maximum Gasteiger partial charge on any atom is 0.416 e. The summed E-state index contributed by atoms with van der Waals surface area (Å²) in [6, 6.07) is 0.466. The van der Waals surface area contributed by atoms with Crippen molar-refractivity contribution in [2.24, 2.45) is 0 Å². The number of hydrogen-bond acceptors (Lipinski definition) is 3. The molecule has 0 bridgehead atoms. The molecule has 0 saturated carbocycles. The molecule has 0 aliphatic heterocycles. The van der Waals surface area contributed by atoms with Gasteiger partial charge >= 0.3 is 6.18 Å². The molecule has 2 unspecified atom stereocenters. The molecule has 0 aliphatic rings. The van der Waals surface area contributed by atoms with Gasteiger partial charge in [-0.3, -0.25) is 4.98 Å². The van der Waals surface area contributed by atoms with E-state index in [0.717, 1.165) is 18.7 Å². The molecule has 0 amide bonds. The topological polar surface area (TPSA) is 34.1 Å². The van der Waals surface area contributed by atoms with Gasteiger partial charge in [0.2, 0.25) is 0 Å². The van der Waals surface area contributed by atoms with Crippen LogP contribution in [-0.4, -0.2) is 25.2 Å². The van der Waals surface area contributed by atoms with E-state index in [-0.39, 0.29) is 11.7 Å². The fourth-order valence-corrected chi connectivity index (χ4v) is 2.16. The molecule has 0 saturated heterocycles. The molecular weight excluding hydrogens is 257 g/mol. The number of pyridine rings is 1. The number of aromatic nitrogens is 1. The van der Waals surface area contributed by atoms with Gasteiger partial charge in [-0.05, 0) is 19.5 Å². The van der Waals surface area contributed by atoms with Crippen molar-refractivity contribution in [3.05, 3.63) is 29.6 Å². The highest BCUT2D eigenvalue weighted by atomic mass is 19.4. The van der Waals surface area contributed by atoms with Crippen molar-refractivity contribution >= 4 is 0 Å². The van der Waals surface area contributed by atoms with E-state index in [2.05, 4.69) is 10.3 Å². The van der Waals surface area contributed by atoms with E-state index in [9.17, 15) is 13.2 Å². The van der Waals surface area contributed by atoms with Gasteiger partial charge in [-0.15, -0.1) is 0 Å². The van der Waals surface area contributed by atoms with E-state index >= 15 is 0 Å². The zero-order chi connectivity index (χ0) is 14.5. The van der Waals surface area contributed by atoms with Crippen molar-refractivity contribution in [2.75, 3.05) is 14.2 Å². The standard InChI is InChI=1S/C13H19F3N2O/c1-4-5-11(19-3)12(17-2)9-8-18-7-6-10(9)13(14,15)16/h6-8,11-12,17H,4-5H2,1-3H3. The van der Waals surface area contributed by atoms with Crippen LogP contribution in [0.15, 0.2) is 18.5 Å². The minimum absolute atomic E-state index is 0.123. The average molecular weight is 276 g/mol. The van der Waals surface area contributed by atoms with Gasteiger partial charge < -0.3 is 10.1 Å². The SMILES string of the molecule is CCCC(OC)C(NC)c1cnccc1C(F)(F)F. The zero-order valence-electron chi connectivity index (χ0n) is 11.3. The first-order valence-corrected chi connectivity index (χ1v) is 6.16. The molecule has 1 aromatic heterocycles. The lowest BCUT2D eigenvalue weighted by Gasteiger charge is -2.27. The molecule has 108 valence electrons. The second kappa shape index (κ2) is 6.86. The van der Waals surface area contributed by atoms with Crippen LogP contribution in [0.25, 0.3) is 0 Å². The molecule has 0 aliphatic carbocycles. The van der Waals surface area contributed by atoms with Crippen LogP contribution < -0.4 is 5.32 Å². The summed E-state index contributed by atoms with van der Waals surface area (Å²) in [4.78, 5) is 3.81. The Morgan fingerprint density at radius 2 is 2.11 bits per heavy atom. The van der Waals surface area contributed by atoms with Crippen molar-refractivity contribution in [3.63, 3.8) is 0 Å². The lowest BCUT2D eigenvalue weighted by atomic mass is 9.95. The van der Waals surface area contributed by atoms with Gasteiger partial charge in [0.25, 0.3) is 0 Å². The number of ether oxygens (including phenoxy) is 1. The third-order valence-corrected chi connectivity index (χ3v) is 3.05. The highest BCUT2D eigenvalue weighted by Gasteiger charge is 2.36. The van der Waals surface area contributed by atoms with Crippen LogP contribution >= 0.6 is 0 Å². The Kier molecular flexibility index (Phi) is 5.75. The fraction of sp³-hybridized carbons (Fsp3) is 0.615. The smallest absolute Gasteiger partial charge is 0.379 e. The van der Waals surface area contributed by atoms with Crippen molar-refractivity contribution < 1.29 is 17.9 Å². The summed E-state index contributed by atoms with van der Waals surface area (Å²) in [6.07, 6.45) is -0.795. The Morgan fingerprint density at radius 1 is 1.42 bits per heavy atom. The molecular formula is C13H19F3N2O. The summed E-state index contributed by atoms with van der Waals surface area (Å²) in [6.45, 7) is 1.96. The Balaban J connectivity index is 3.17. The van der Waals surface area contributed by atoms with Crippen LogP contribution in [-0.2, 0) is 10.9 Å². The first kappa shape index (κ1) is 15.9. The monoisotopic (exact) mass is 276 g/mol. The number of methoxy groups -OCH3 is 1. The largest absolute Gasteiger partial charge is 0.416 e.